The van der Waals surface area contributed by atoms with E-state index < -0.39 is 9.84 Å². The van der Waals surface area contributed by atoms with Gasteiger partial charge in [-0.1, -0.05) is 0 Å². The predicted molar refractivity (Wildman–Crippen MR) is 70.0 cm³/mol. The lowest BCUT2D eigenvalue weighted by Crippen LogP contribution is -2.45. The summed E-state index contributed by atoms with van der Waals surface area (Å²) in [5.74, 6) is 0. The fourth-order valence-corrected chi connectivity index (χ4v) is 3.96. The highest BCUT2D eigenvalue weighted by atomic mass is 32.2. The van der Waals surface area contributed by atoms with E-state index in [0.717, 1.165) is 0 Å². The second kappa shape index (κ2) is 5.24. The maximum Gasteiger partial charge on any atom is 0.159 e. The highest BCUT2D eigenvalue weighted by molar-refractivity contribution is 7.92. The molecule has 0 bridgehead atoms. The average Bonchev–Trinajstić information content (AvgIpc) is 2.60. The molecule has 0 saturated carbocycles. The van der Waals surface area contributed by atoms with Crippen molar-refractivity contribution in [3.05, 3.63) is 0 Å². The Balaban J connectivity index is 2.64. The van der Waals surface area contributed by atoms with Crippen molar-refractivity contribution < 1.29 is 13.2 Å². The number of sulfone groups is 1. The Labute approximate surface area is 105 Å². The largest absolute Gasteiger partial charge is 0.377 e. The molecule has 17 heavy (non-hydrogen) atoms. The van der Waals surface area contributed by atoms with Gasteiger partial charge in [0.2, 0.25) is 0 Å². The van der Waals surface area contributed by atoms with Crippen LogP contribution >= 0.6 is 0 Å². The van der Waals surface area contributed by atoms with Crippen molar-refractivity contribution in [2.24, 2.45) is 0 Å². The Kier molecular flexibility index (Phi) is 4.60. The molecule has 0 amide bonds. The monoisotopic (exact) mass is 263 g/mol. The maximum atomic E-state index is 12.3. The SMILES string of the molecule is CC1OCCC1S(=O)(=O)C(C)CNC(C)(C)C. The summed E-state index contributed by atoms with van der Waals surface area (Å²) < 4.78 is 30.0. The number of nitrogens with one attached hydrogen (secondary N) is 1. The maximum absolute atomic E-state index is 12.3. The molecule has 3 atom stereocenters. The zero-order valence-electron chi connectivity index (χ0n) is 11.5. The van der Waals surface area contributed by atoms with Gasteiger partial charge in [0.25, 0.3) is 0 Å². The molecule has 1 saturated heterocycles. The van der Waals surface area contributed by atoms with E-state index in [0.29, 0.717) is 19.6 Å². The van der Waals surface area contributed by atoms with Crippen LogP contribution in [0.25, 0.3) is 0 Å². The van der Waals surface area contributed by atoms with Crippen LogP contribution < -0.4 is 5.32 Å². The van der Waals surface area contributed by atoms with Crippen LogP contribution in [0.15, 0.2) is 0 Å². The first kappa shape index (κ1) is 14.9. The van der Waals surface area contributed by atoms with E-state index in [-0.39, 0.29) is 22.1 Å². The first-order valence-electron chi connectivity index (χ1n) is 6.24. The van der Waals surface area contributed by atoms with Crippen LogP contribution in [0.1, 0.15) is 41.0 Å². The Morgan fingerprint density at radius 1 is 1.41 bits per heavy atom. The van der Waals surface area contributed by atoms with Crippen LogP contribution in [-0.2, 0) is 14.6 Å². The Morgan fingerprint density at radius 3 is 2.41 bits per heavy atom. The van der Waals surface area contributed by atoms with E-state index in [9.17, 15) is 8.42 Å². The summed E-state index contributed by atoms with van der Waals surface area (Å²) in [5, 5.41) is 2.55. The van der Waals surface area contributed by atoms with Gasteiger partial charge in [0.05, 0.1) is 16.6 Å². The number of rotatable bonds is 4. The molecule has 5 heteroatoms. The molecule has 0 aromatic heterocycles. The third-order valence-corrected chi connectivity index (χ3v) is 5.96. The molecule has 4 nitrogen and oxygen atoms in total. The third kappa shape index (κ3) is 3.93. The molecule has 0 aliphatic carbocycles. The lowest BCUT2D eigenvalue weighted by molar-refractivity contribution is 0.126. The van der Waals surface area contributed by atoms with Crippen LogP contribution in [0.5, 0.6) is 0 Å². The minimum Gasteiger partial charge on any atom is -0.377 e. The fraction of sp³-hybridized carbons (Fsp3) is 1.00. The number of hydrogen-bond acceptors (Lipinski definition) is 4. The van der Waals surface area contributed by atoms with E-state index in [1.165, 1.54) is 0 Å². The minimum atomic E-state index is -3.10. The van der Waals surface area contributed by atoms with Crippen LogP contribution in [0, 0.1) is 0 Å². The first-order valence-corrected chi connectivity index (χ1v) is 7.85. The summed E-state index contributed by atoms with van der Waals surface area (Å²) in [6, 6.07) is 0. The van der Waals surface area contributed by atoms with Gasteiger partial charge in [-0.3, -0.25) is 0 Å². The average molecular weight is 263 g/mol. The molecule has 1 aliphatic rings. The molecular weight excluding hydrogens is 238 g/mol. The molecule has 1 N–H and O–H groups in total. The van der Waals surface area contributed by atoms with Crippen molar-refractivity contribution in [1.82, 2.24) is 5.32 Å². The van der Waals surface area contributed by atoms with Crippen LogP contribution in [0.4, 0.5) is 0 Å². The van der Waals surface area contributed by atoms with Gasteiger partial charge in [-0.25, -0.2) is 8.42 Å². The van der Waals surface area contributed by atoms with Crippen molar-refractivity contribution in [3.63, 3.8) is 0 Å². The van der Waals surface area contributed by atoms with E-state index in [2.05, 4.69) is 5.32 Å². The van der Waals surface area contributed by atoms with Gasteiger partial charge in [0, 0.05) is 18.7 Å². The van der Waals surface area contributed by atoms with Crippen molar-refractivity contribution in [2.75, 3.05) is 13.2 Å². The summed E-state index contributed by atoms with van der Waals surface area (Å²) in [6.07, 6.45) is 0.459. The molecule has 1 heterocycles. The van der Waals surface area contributed by atoms with Crippen LogP contribution in [-0.4, -0.2) is 43.7 Å². The van der Waals surface area contributed by atoms with Gasteiger partial charge in [0.15, 0.2) is 9.84 Å². The van der Waals surface area contributed by atoms with Crippen molar-refractivity contribution >= 4 is 9.84 Å². The van der Waals surface area contributed by atoms with Gasteiger partial charge < -0.3 is 10.1 Å². The summed E-state index contributed by atoms with van der Waals surface area (Å²) in [4.78, 5) is 0. The van der Waals surface area contributed by atoms with Gasteiger partial charge in [-0.2, -0.15) is 0 Å². The fourth-order valence-electron chi connectivity index (χ4n) is 2.01. The van der Waals surface area contributed by atoms with Crippen molar-refractivity contribution in [1.29, 1.82) is 0 Å². The first-order chi connectivity index (χ1) is 7.64. The molecule has 102 valence electrons. The molecule has 1 fully saturated rings. The highest BCUT2D eigenvalue weighted by Gasteiger charge is 2.39. The molecule has 0 spiro atoms. The summed E-state index contributed by atoms with van der Waals surface area (Å²) in [6.45, 7) is 10.8. The molecule has 1 aliphatic heterocycles. The predicted octanol–water partition coefficient (Wildman–Crippen LogP) is 1.36. The topological polar surface area (TPSA) is 55.4 Å². The summed E-state index contributed by atoms with van der Waals surface area (Å²) >= 11 is 0. The van der Waals surface area contributed by atoms with Gasteiger partial charge >= 0.3 is 0 Å². The standard InChI is InChI=1S/C12H25NO3S/c1-9(8-13-12(3,4)5)17(14,15)11-6-7-16-10(11)2/h9-11,13H,6-8H2,1-5H3. The molecule has 1 rings (SSSR count). The molecule has 0 aromatic rings. The second-order valence-electron chi connectivity index (χ2n) is 5.93. The zero-order chi connectivity index (χ0) is 13.3. The normalized spacial score (nSPS) is 28.3. The molecular formula is C12H25NO3S. The van der Waals surface area contributed by atoms with Gasteiger partial charge in [-0.05, 0) is 41.0 Å². The van der Waals surface area contributed by atoms with Crippen molar-refractivity contribution in [3.8, 4) is 0 Å². The Bertz CT molecular complexity index is 345. The molecule has 0 radical (unpaired) electrons. The third-order valence-electron chi connectivity index (χ3n) is 3.21. The smallest absolute Gasteiger partial charge is 0.159 e. The number of ether oxygens (including phenoxy) is 1. The highest BCUT2D eigenvalue weighted by Crippen LogP contribution is 2.24. The lowest BCUT2D eigenvalue weighted by atomic mass is 10.1. The van der Waals surface area contributed by atoms with Crippen molar-refractivity contribution in [2.45, 2.75) is 63.2 Å². The van der Waals surface area contributed by atoms with Gasteiger partial charge in [0.1, 0.15) is 0 Å². The van der Waals surface area contributed by atoms with Crippen LogP contribution in [0.3, 0.4) is 0 Å². The summed E-state index contributed by atoms with van der Waals surface area (Å²) in [5.41, 5.74) is -0.0540. The molecule has 0 aromatic carbocycles. The van der Waals surface area contributed by atoms with E-state index in [1.807, 2.05) is 27.7 Å². The quantitative estimate of drug-likeness (QED) is 0.832. The van der Waals surface area contributed by atoms with Crippen LogP contribution in [0.2, 0.25) is 0 Å². The van der Waals surface area contributed by atoms with E-state index in [1.54, 1.807) is 6.92 Å². The number of hydrogen-bond donors (Lipinski definition) is 1. The van der Waals surface area contributed by atoms with E-state index in [4.69, 9.17) is 4.74 Å². The second-order valence-corrected chi connectivity index (χ2v) is 8.52. The molecule has 3 unspecified atom stereocenters. The minimum absolute atomic E-state index is 0.0540. The van der Waals surface area contributed by atoms with E-state index >= 15 is 0 Å². The van der Waals surface area contributed by atoms with Gasteiger partial charge in [-0.15, -0.1) is 0 Å². The Hall–Kier alpha value is -0.130. The zero-order valence-corrected chi connectivity index (χ0v) is 12.3. The summed E-state index contributed by atoms with van der Waals surface area (Å²) in [7, 11) is -3.10. The lowest BCUT2D eigenvalue weighted by Gasteiger charge is -2.25. The Morgan fingerprint density at radius 2 is 2.00 bits per heavy atom.